The summed E-state index contributed by atoms with van der Waals surface area (Å²) in [4.78, 5) is 36.5. The van der Waals surface area contributed by atoms with Crippen LogP contribution in [0.25, 0.3) is 0 Å². The van der Waals surface area contributed by atoms with E-state index >= 15 is 0 Å². The third-order valence-corrected chi connectivity index (χ3v) is 4.43. The number of esters is 1. The van der Waals surface area contributed by atoms with Gasteiger partial charge in [0, 0.05) is 11.7 Å². The molecule has 138 valence electrons. The van der Waals surface area contributed by atoms with E-state index in [9.17, 15) is 14.4 Å². The third kappa shape index (κ3) is 6.00. The normalized spacial score (nSPS) is 11.5. The highest BCUT2D eigenvalue weighted by atomic mass is 32.1. The minimum atomic E-state index is -0.615. The van der Waals surface area contributed by atoms with Gasteiger partial charge < -0.3 is 15.4 Å². The molecule has 0 aliphatic carbocycles. The highest BCUT2D eigenvalue weighted by molar-refractivity contribution is 7.12. The van der Waals surface area contributed by atoms with Crippen LogP contribution in [0.5, 0.6) is 0 Å². The number of anilines is 1. The predicted molar refractivity (Wildman–Crippen MR) is 102 cm³/mol. The standard InChI is InChI=1S/C19H22N2O4S/c1-3-6-13(2)20-17(22)12-25-19(24)14-7-4-8-15(11-14)21-18(23)16-9-5-10-26-16/h4-5,7-11,13H,3,6,12H2,1-2H3,(H,20,22)(H,21,23)/t13-/m0/s1. The summed E-state index contributed by atoms with van der Waals surface area (Å²) in [6, 6.07) is 9.97. The van der Waals surface area contributed by atoms with E-state index in [0.717, 1.165) is 12.8 Å². The number of hydrogen-bond acceptors (Lipinski definition) is 5. The van der Waals surface area contributed by atoms with Crippen molar-refractivity contribution < 1.29 is 19.1 Å². The van der Waals surface area contributed by atoms with Gasteiger partial charge in [-0.1, -0.05) is 25.5 Å². The molecule has 2 amide bonds. The molecule has 0 unspecified atom stereocenters. The topological polar surface area (TPSA) is 84.5 Å². The van der Waals surface area contributed by atoms with Gasteiger partial charge in [0.15, 0.2) is 6.61 Å². The van der Waals surface area contributed by atoms with Crippen LogP contribution < -0.4 is 10.6 Å². The fourth-order valence-corrected chi connectivity index (χ4v) is 2.98. The summed E-state index contributed by atoms with van der Waals surface area (Å²) in [6.45, 7) is 3.61. The lowest BCUT2D eigenvalue weighted by Gasteiger charge is -2.13. The summed E-state index contributed by atoms with van der Waals surface area (Å²) in [5, 5.41) is 7.31. The number of hydrogen-bond donors (Lipinski definition) is 2. The van der Waals surface area contributed by atoms with Crippen LogP contribution in [0.4, 0.5) is 5.69 Å². The Morgan fingerprint density at radius 1 is 1.19 bits per heavy atom. The van der Waals surface area contributed by atoms with Gasteiger partial charge in [-0.3, -0.25) is 9.59 Å². The van der Waals surface area contributed by atoms with E-state index in [1.807, 2.05) is 19.2 Å². The quantitative estimate of drug-likeness (QED) is 0.693. The summed E-state index contributed by atoms with van der Waals surface area (Å²) in [6.07, 6.45) is 1.83. The zero-order valence-corrected chi connectivity index (χ0v) is 15.6. The number of nitrogens with one attached hydrogen (secondary N) is 2. The minimum Gasteiger partial charge on any atom is -0.452 e. The third-order valence-electron chi connectivity index (χ3n) is 3.56. The van der Waals surface area contributed by atoms with Gasteiger partial charge in [0.25, 0.3) is 11.8 Å². The summed E-state index contributed by atoms with van der Waals surface area (Å²) in [7, 11) is 0. The first-order chi connectivity index (χ1) is 12.5. The van der Waals surface area contributed by atoms with Crippen molar-refractivity contribution in [2.45, 2.75) is 32.7 Å². The zero-order valence-electron chi connectivity index (χ0n) is 14.8. The van der Waals surface area contributed by atoms with Crippen molar-refractivity contribution in [3.63, 3.8) is 0 Å². The lowest BCUT2D eigenvalue weighted by Crippen LogP contribution is -2.35. The van der Waals surface area contributed by atoms with E-state index in [2.05, 4.69) is 10.6 Å². The van der Waals surface area contributed by atoms with Crippen LogP contribution in [0.1, 0.15) is 46.7 Å². The van der Waals surface area contributed by atoms with Gasteiger partial charge in [-0.25, -0.2) is 4.79 Å². The number of amides is 2. The van der Waals surface area contributed by atoms with Crippen LogP contribution in [0.2, 0.25) is 0 Å². The van der Waals surface area contributed by atoms with Gasteiger partial charge in [-0.2, -0.15) is 0 Å². The molecule has 0 aliphatic heterocycles. The molecule has 0 fully saturated rings. The number of carbonyl (C=O) groups is 3. The highest BCUT2D eigenvalue weighted by Crippen LogP contribution is 2.15. The second-order valence-corrected chi connectivity index (χ2v) is 6.79. The van der Waals surface area contributed by atoms with Crippen molar-refractivity contribution in [3.05, 3.63) is 52.2 Å². The number of carbonyl (C=O) groups excluding carboxylic acids is 3. The van der Waals surface area contributed by atoms with E-state index in [0.29, 0.717) is 10.6 Å². The van der Waals surface area contributed by atoms with Gasteiger partial charge in [0.2, 0.25) is 0 Å². The Balaban J connectivity index is 1.89. The van der Waals surface area contributed by atoms with Crippen LogP contribution in [-0.2, 0) is 9.53 Å². The first kappa shape index (κ1) is 19.7. The Labute approximate surface area is 156 Å². The first-order valence-electron chi connectivity index (χ1n) is 8.41. The zero-order chi connectivity index (χ0) is 18.9. The Hall–Kier alpha value is -2.67. The number of thiophene rings is 1. The molecule has 26 heavy (non-hydrogen) atoms. The molecule has 0 saturated heterocycles. The molecule has 0 spiro atoms. The number of ether oxygens (including phenoxy) is 1. The Bertz CT molecular complexity index is 759. The summed E-state index contributed by atoms with van der Waals surface area (Å²) in [5.41, 5.74) is 0.752. The number of benzene rings is 1. The molecule has 1 atom stereocenters. The largest absolute Gasteiger partial charge is 0.452 e. The Kier molecular flexibility index (Phi) is 7.35. The lowest BCUT2D eigenvalue weighted by atomic mass is 10.2. The van der Waals surface area contributed by atoms with E-state index < -0.39 is 5.97 Å². The van der Waals surface area contributed by atoms with Crippen molar-refractivity contribution >= 4 is 34.8 Å². The van der Waals surface area contributed by atoms with Crippen LogP contribution >= 0.6 is 11.3 Å². The summed E-state index contributed by atoms with van der Waals surface area (Å²) >= 11 is 1.33. The van der Waals surface area contributed by atoms with E-state index in [-0.39, 0.29) is 30.0 Å². The molecule has 2 N–H and O–H groups in total. The van der Waals surface area contributed by atoms with E-state index in [1.165, 1.54) is 17.4 Å². The van der Waals surface area contributed by atoms with Crippen molar-refractivity contribution in [1.82, 2.24) is 5.32 Å². The van der Waals surface area contributed by atoms with Crippen LogP contribution in [-0.4, -0.2) is 30.4 Å². The second-order valence-electron chi connectivity index (χ2n) is 5.85. The van der Waals surface area contributed by atoms with Crippen LogP contribution in [0.3, 0.4) is 0 Å². The molecule has 0 aliphatic rings. The smallest absolute Gasteiger partial charge is 0.338 e. The Morgan fingerprint density at radius 3 is 2.69 bits per heavy atom. The summed E-state index contributed by atoms with van der Waals surface area (Å²) in [5.74, 6) is -1.19. The highest BCUT2D eigenvalue weighted by Gasteiger charge is 2.13. The van der Waals surface area contributed by atoms with Crippen molar-refractivity contribution in [2.24, 2.45) is 0 Å². The summed E-state index contributed by atoms with van der Waals surface area (Å²) < 4.78 is 5.04. The van der Waals surface area contributed by atoms with Gasteiger partial charge in [0.1, 0.15) is 0 Å². The molecular weight excluding hydrogens is 352 g/mol. The molecule has 0 bridgehead atoms. The molecule has 2 aromatic rings. The average Bonchev–Trinajstić information content (AvgIpc) is 3.15. The monoisotopic (exact) mass is 374 g/mol. The maximum atomic E-state index is 12.1. The fraction of sp³-hybridized carbons (Fsp3) is 0.316. The van der Waals surface area contributed by atoms with Crippen molar-refractivity contribution in [3.8, 4) is 0 Å². The lowest BCUT2D eigenvalue weighted by molar-refractivity contribution is -0.124. The van der Waals surface area contributed by atoms with Gasteiger partial charge in [-0.15, -0.1) is 11.3 Å². The molecule has 2 rings (SSSR count). The van der Waals surface area contributed by atoms with E-state index in [4.69, 9.17) is 4.74 Å². The van der Waals surface area contributed by atoms with Crippen LogP contribution in [0, 0.1) is 0 Å². The molecule has 6 nitrogen and oxygen atoms in total. The molecule has 0 saturated carbocycles. The van der Waals surface area contributed by atoms with Crippen molar-refractivity contribution in [2.75, 3.05) is 11.9 Å². The second kappa shape index (κ2) is 9.72. The Morgan fingerprint density at radius 2 is 2.00 bits per heavy atom. The predicted octanol–water partition coefficient (Wildman–Crippen LogP) is 3.46. The SMILES string of the molecule is CCC[C@H](C)NC(=O)COC(=O)c1cccc(NC(=O)c2cccs2)c1. The molecule has 1 heterocycles. The van der Waals surface area contributed by atoms with Crippen LogP contribution in [0.15, 0.2) is 41.8 Å². The molecular formula is C19H22N2O4S. The molecule has 1 aromatic heterocycles. The molecule has 0 radical (unpaired) electrons. The molecule has 1 aromatic carbocycles. The number of rotatable bonds is 8. The average molecular weight is 374 g/mol. The van der Waals surface area contributed by atoms with E-state index in [1.54, 1.807) is 30.3 Å². The maximum absolute atomic E-state index is 12.1. The maximum Gasteiger partial charge on any atom is 0.338 e. The first-order valence-corrected chi connectivity index (χ1v) is 9.29. The van der Waals surface area contributed by atoms with Crippen molar-refractivity contribution in [1.29, 1.82) is 0 Å². The van der Waals surface area contributed by atoms with Gasteiger partial charge >= 0.3 is 5.97 Å². The van der Waals surface area contributed by atoms with Gasteiger partial charge in [-0.05, 0) is 43.0 Å². The molecule has 7 heteroatoms. The fourth-order valence-electron chi connectivity index (χ4n) is 2.36. The van der Waals surface area contributed by atoms with Gasteiger partial charge in [0.05, 0.1) is 10.4 Å². The minimum absolute atomic E-state index is 0.0435.